The fourth-order valence-electron chi connectivity index (χ4n) is 4.76. The molecule has 1 aromatic carbocycles. The van der Waals surface area contributed by atoms with Gasteiger partial charge >= 0.3 is 6.03 Å². The summed E-state index contributed by atoms with van der Waals surface area (Å²) in [6.07, 6.45) is 7.42. The van der Waals surface area contributed by atoms with Crippen LogP contribution in [0.4, 0.5) is 16.2 Å². The molecule has 1 aliphatic carbocycles. The van der Waals surface area contributed by atoms with Crippen LogP contribution in [0.3, 0.4) is 0 Å². The van der Waals surface area contributed by atoms with Gasteiger partial charge in [-0.2, -0.15) is 0 Å². The Bertz CT molecular complexity index is 753. The fourth-order valence-corrected chi connectivity index (χ4v) is 5.32. The van der Waals surface area contributed by atoms with Crippen LogP contribution in [-0.4, -0.2) is 38.2 Å². The van der Waals surface area contributed by atoms with E-state index >= 15 is 0 Å². The van der Waals surface area contributed by atoms with Crippen LogP contribution in [0.25, 0.3) is 0 Å². The van der Waals surface area contributed by atoms with Crippen molar-refractivity contribution in [2.24, 2.45) is 11.3 Å². The van der Waals surface area contributed by atoms with E-state index in [4.69, 9.17) is 0 Å². The lowest BCUT2D eigenvalue weighted by Gasteiger charge is -2.61. The minimum Gasteiger partial charge on any atom is -0.320 e. The van der Waals surface area contributed by atoms with Crippen molar-refractivity contribution >= 4 is 27.4 Å². The lowest BCUT2D eigenvalue weighted by atomic mass is 9.60. The number of nitrogens with one attached hydrogen (secondary N) is 2. The molecular weight excluding hydrogens is 350 g/mol. The average molecular weight is 380 g/mol. The molecule has 1 heterocycles. The lowest BCUT2D eigenvalue weighted by Crippen LogP contribution is -2.69. The lowest BCUT2D eigenvalue weighted by molar-refractivity contribution is -0.0853. The number of benzene rings is 1. The minimum atomic E-state index is -3.30. The predicted octanol–water partition coefficient (Wildman–Crippen LogP) is 3.88. The van der Waals surface area contributed by atoms with Crippen molar-refractivity contribution in [3.8, 4) is 0 Å². The number of nitrogens with zero attached hydrogens (tertiary/aromatic N) is 1. The van der Waals surface area contributed by atoms with Gasteiger partial charge in [0.05, 0.1) is 6.26 Å². The molecule has 7 heteroatoms. The number of hydrogen-bond donors (Lipinski definition) is 2. The van der Waals surface area contributed by atoms with Crippen LogP contribution in [0, 0.1) is 11.3 Å². The number of anilines is 2. The summed E-state index contributed by atoms with van der Waals surface area (Å²) in [4.78, 5) is 14.7. The zero-order valence-electron chi connectivity index (χ0n) is 15.8. The van der Waals surface area contributed by atoms with Crippen LogP contribution in [0.1, 0.15) is 46.0 Å². The van der Waals surface area contributed by atoms with Crippen molar-refractivity contribution in [3.05, 3.63) is 24.3 Å². The maximum atomic E-state index is 12.8. The highest BCUT2D eigenvalue weighted by Crippen LogP contribution is 2.51. The van der Waals surface area contributed by atoms with E-state index in [0.29, 0.717) is 28.7 Å². The predicted molar refractivity (Wildman–Crippen MR) is 105 cm³/mol. The molecule has 0 unspecified atom stereocenters. The van der Waals surface area contributed by atoms with Crippen molar-refractivity contribution in [1.82, 2.24) is 4.90 Å². The Kier molecular flexibility index (Phi) is 5.19. The Labute approximate surface area is 156 Å². The van der Waals surface area contributed by atoms with Crippen molar-refractivity contribution in [2.45, 2.75) is 52.0 Å². The summed E-state index contributed by atoms with van der Waals surface area (Å²) >= 11 is 0. The molecule has 144 valence electrons. The highest BCUT2D eigenvalue weighted by molar-refractivity contribution is 7.92. The number of carbonyl (C=O) groups is 1. The Balaban J connectivity index is 1.64. The van der Waals surface area contributed by atoms with E-state index in [2.05, 4.69) is 23.9 Å². The highest BCUT2D eigenvalue weighted by Gasteiger charge is 2.55. The normalized spacial score (nSPS) is 22.2. The number of rotatable bonds is 4. The molecule has 26 heavy (non-hydrogen) atoms. The maximum Gasteiger partial charge on any atom is 0.322 e. The van der Waals surface area contributed by atoms with E-state index in [9.17, 15) is 13.2 Å². The first-order chi connectivity index (χ1) is 12.2. The minimum absolute atomic E-state index is 0.0660. The molecule has 6 nitrogen and oxygen atoms in total. The molecule has 1 saturated carbocycles. The summed E-state index contributed by atoms with van der Waals surface area (Å²) in [5, 5.41) is 2.95. The van der Waals surface area contributed by atoms with Crippen molar-refractivity contribution in [1.29, 1.82) is 0 Å². The van der Waals surface area contributed by atoms with Crippen LogP contribution in [0.15, 0.2) is 24.3 Å². The summed E-state index contributed by atoms with van der Waals surface area (Å²) in [6.45, 7) is 5.24. The van der Waals surface area contributed by atoms with Crippen LogP contribution >= 0.6 is 0 Å². The molecule has 2 N–H and O–H groups in total. The van der Waals surface area contributed by atoms with Crippen molar-refractivity contribution in [2.75, 3.05) is 22.8 Å². The monoisotopic (exact) mass is 379 g/mol. The van der Waals surface area contributed by atoms with E-state index in [-0.39, 0.29) is 6.03 Å². The number of hydrogen-bond acceptors (Lipinski definition) is 3. The maximum absolute atomic E-state index is 12.8. The van der Waals surface area contributed by atoms with Crippen molar-refractivity contribution in [3.63, 3.8) is 0 Å². The Hall–Kier alpha value is -1.76. The van der Waals surface area contributed by atoms with Gasteiger partial charge in [0.25, 0.3) is 0 Å². The van der Waals surface area contributed by atoms with E-state index < -0.39 is 10.0 Å². The van der Waals surface area contributed by atoms with E-state index in [1.54, 1.807) is 24.3 Å². The molecule has 0 aromatic heterocycles. The van der Waals surface area contributed by atoms with Gasteiger partial charge in [0, 0.05) is 29.4 Å². The summed E-state index contributed by atoms with van der Waals surface area (Å²) in [5.41, 5.74) is 1.46. The summed E-state index contributed by atoms with van der Waals surface area (Å²) in [6, 6.07) is 6.96. The number of sulfonamides is 1. The van der Waals surface area contributed by atoms with E-state index in [1.807, 2.05) is 4.90 Å². The molecule has 1 aromatic rings. The number of urea groups is 1. The summed E-state index contributed by atoms with van der Waals surface area (Å²) in [5.74, 6) is 0.439. The smallest absolute Gasteiger partial charge is 0.320 e. The Morgan fingerprint density at radius 2 is 1.69 bits per heavy atom. The summed E-state index contributed by atoms with van der Waals surface area (Å²) < 4.78 is 24.9. The molecule has 2 fully saturated rings. The van der Waals surface area contributed by atoms with Crippen LogP contribution < -0.4 is 10.0 Å². The first-order valence-corrected chi connectivity index (χ1v) is 11.2. The fraction of sp³-hybridized carbons (Fsp3) is 0.632. The second-order valence-corrected chi connectivity index (χ2v) is 9.87. The Morgan fingerprint density at radius 1 is 1.12 bits per heavy atom. The molecule has 0 radical (unpaired) electrons. The second kappa shape index (κ2) is 7.10. The molecular formula is C19H29N3O3S. The molecule has 1 atom stereocenters. The van der Waals surface area contributed by atoms with Gasteiger partial charge < -0.3 is 10.2 Å². The van der Waals surface area contributed by atoms with Gasteiger partial charge in [-0.05, 0) is 43.0 Å². The SMILES string of the molecule is CC(C)[C@H]1N(C(=O)Nc2ccc(NS(C)(=O)=O)cc2)CC12CCCCC2. The quantitative estimate of drug-likeness (QED) is 0.833. The van der Waals surface area contributed by atoms with E-state index in [1.165, 1.54) is 32.1 Å². The first kappa shape index (κ1) is 19.0. The molecule has 1 spiro atoms. The highest BCUT2D eigenvalue weighted by atomic mass is 32.2. The number of amides is 2. The molecule has 1 aliphatic heterocycles. The third-order valence-corrected chi connectivity index (χ3v) is 6.24. The molecule has 2 amide bonds. The van der Waals surface area contributed by atoms with Crippen LogP contribution in [-0.2, 0) is 10.0 Å². The largest absolute Gasteiger partial charge is 0.322 e. The number of carbonyl (C=O) groups excluding carboxylic acids is 1. The standard InChI is InChI=1S/C19H29N3O3S/c1-14(2)17-19(11-5-4-6-12-19)13-22(17)18(23)20-15-7-9-16(10-8-15)21-26(3,24)25/h7-10,14,17,21H,4-6,11-13H2,1-3H3,(H,20,23)/t17-/m1/s1. The number of likely N-dealkylation sites (tertiary alicyclic amines) is 1. The van der Waals surface area contributed by atoms with Crippen molar-refractivity contribution < 1.29 is 13.2 Å². The van der Waals surface area contributed by atoms with E-state index in [0.717, 1.165) is 12.8 Å². The van der Waals surface area contributed by atoms with Gasteiger partial charge in [0.2, 0.25) is 10.0 Å². The third-order valence-electron chi connectivity index (χ3n) is 5.63. The van der Waals surface area contributed by atoms with Crippen LogP contribution in [0.2, 0.25) is 0 Å². The second-order valence-electron chi connectivity index (χ2n) is 8.12. The molecule has 1 saturated heterocycles. The molecule has 2 aliphatic rings. The topological polar surface area (TPSA) is 78.5 Å². The third kappa shape index (κ3) is 3.98. The first-order valence-electron chi connectivity index (χ1n) is 9.36. The van der Waals surface area contributed by atoms with Gasteiger partial charge in [0.1, 0.15) is 0 Å². The molecule has 3 rings (SSSR count). The van der Waals surface area contributed by atoms with Gasteiger partial charge in [-0.15, -0.1) is 0 Å². The van der Waals surface area contributed by atoms with Gasteiger partial charge in [0.15, 0.2) is 0 Å². The zero-order valence-corrected chi connectivity index (χ0v) is 16.6. The molecule has 0 bridgehead atoms. The van der Waals surface area contributed by atoms with Gasteiger partial charge in [-0.1, -0.05) is 33.1 Å². The van der Waals surface area contributed by atoms with Gasteiger partial charge in [-0.25, -0.2) is 13.2 Å². The van der Waals surface area contributed by atoms with Crippen LogP contribution in [0.5, 0.6) is 0 Å². The summed E-state index contributed by atoms with van der Waals surface area (Å²) in [7, 11) is -3.30. The zero-order chi connectivity index (χ0) is 18.9. The van der Waals surface area contributed by atoms with Gasteiger partial charge in [-0.3, -0.25) is 4.72 Å². The average Bonchev–Trinajstić information content (AvgIpc) is 2.53. The Morgan fingerprint density at radius 3 is 2.23 bits per heavy atom.